The van der Waals surface area contributed by atoms with Crippen molar-refractivity contribution < 1.29 is 35.9 Å². The number of amides is 1. The topological polar surface area (TPSA) is 81.9 Å². The van der Waals surface area contributed by atoms with Crippen LogP contribution in [0.1, 0.15) is 33.5 Å². The molecule has 1 aromatic carbocycles. The highest BCUT2D eigenvalue weighted by Crippen LogP contribution is 2.34. The second-order valence-electron chi connectivity index (χ2n) is 7.27. The fourth-order valence-corrected chi connectivity index (χ4v) is 3.37. The van der Waals surface area contributed by atoms with Crippen LogP contribution in [0.15, 0.2) is 79.3 Å². The summed E-state index contributed by atoms with van der Waals surface area (Å²) < 4.78 is 83.4. The Morgan fingerprint density at radius 1 is 0.861 bits per heavy atom. The van der Waals surface area contributed by atoms with Gasteiger partial charge < -0.3 is 10.1 Å². The van der Waals surface area contributed by atoms with Gasteiger partial charge in [-0.2, -0.15) is 18.3 Å². The Labute approximate surface area is 199 Å². The first kappa shape index (κ1) is 24.7. The van der Waals surface area contributed by atoms with Gasteiger partial charge in [-0.15, -0.1) is 13.2 Å². The summed E-state index contributed by atoms with van der Waals surface area (Å²) in [5.74, 6) is -1.73. The number of carbonyl (C=O) groups is 1. The Morgan fingerprint density at radius 2 is 1.44 bits per heavy atom. The van der Waals surface area contributed by atoms with Crippen LogP contribution in [0.2, 0.25) is 0 Å². The first-order chi connectivity index (χ1) is 17.0. The van der Waals surface area contributed by atoms with E-state index in [0.29, 0.717) is 16.1 Å². The van der Waals surface area contributed by atoms with Gasteiger partial charge in [0.15, 0.2) is 5.69 Å². The quantitative estimate of drug-likeness (QED) is 0.368. The van der Waals surface area contributed by atoms with Crippen molar-refractivity contribution in [1.82, 2.24) is 25.1 Å². The van der Waals surface area contributed by atoms with E-state index >= 15 is 0 Å². The molecule has 1 N–H and O–H groups in total. The number of hydrogen-bond acceptors (Lipinski definition) is 5. The van der Waals surface area contributed by atoms with Crippen LogP contribution in [0.5, 0.6) is 5.75 Å². The van der Waals surface area contributed by atoms with Gasteiger partial charge in [0.05, 0.1) is 28.8 Å². The van der Waals surface area contributed by atoms with Gasteiger partial charge in [-0.05, 0) is 48.5 Å². The van der Waals surface area contributed by atoms with Gasteiger partial charge in [0.1, 0.15) is 11.8 Å². The van der Waals surface area contributed by atoms with Crippen molar-refractivity contribution in [3.8, 4) is 11.4 Å². The molecule has 0 atom stereocenters. The van der Waals surface area contributed by atoms with Crippen LogP contribution in [0.4, 0.5) is 26.3 Å². The summed E-state index contributed by atoms with van der Waals surface area (Å²) in [6.45, 7) is 0. The lowest BCUT2D eigenvalue weighted by atomic mass is 10.1. The molecule has 0 unspecified atom stereocenters. The molecule has 36 heavy (non-hydrogen) atoms. The van der Waals surface area contributed by atoms with Gasteiger partial charge in [0.2, 0.25) is 0 Å². The third-order valence-corrected chi connectivity index (χ3v) is 4.84. The van der Waals surface area contributed by atoms with Crippen molar-refractivity contribution in [2.75, 3.05) is 0 Å². The van der Waals surface area contributed by atoms with E-state index in [2.05, 4.69) is 25.1 Å². The SMILES string of the molecule is O=C(NC(c1ccccn1)c1ccccn1)c1cnn(-c2ccc(OC(F)(F)F)cc2)c1C(F)(F)F. The minimum atomic E-state index is -5.03. The Morgan fingerprint density at radius 3 is 1.92 bits per heavy atom. The fourth-order valence-electron chi connectivity index (χ4n) is 3.37. The Hall–Kier alpha value is -4.42. The lowest BCUT2D eigenvalue weighted by Gasteiger charge is -2.18. The number of nitrogens with one attached hydrogen (secondary N) is 1. The van der Waals surface area contributed by atoms with Gasteiger partial charge in [-0.25, -0.2) is 4.68 Å². The van der Waals surface area contributed by atoms with E-state index in [1.54, 1.807) is 36.4 Å². The minimum absolute atomic E-state index is 0.234. The van der Waals surface area contributed by atoms with Crippen LogP contribution < -0.4 is 10.1 Å². The summed E-state index contributed by atoms with van der Waals surface area (Å²) in [4.78, 5) is 21.4. The van der Waals surface area contributed by atoms with E-state index < -0.39 is 41.5 Å². The van der Waals surface area contributed by atoms with Gasteiger partial charge >= 0.3 is 12.5 Å². The van der Waals surface area contributed by atoms with E-state index in [9.17, 15) is 31.1 Å². The number of pyridine rings is 2. The number of benzene rings is 1. The number of hydrogen-bond donors (Lipinski definition) is 1. The molecule has 0 fully saturated rings. The van der Waals surface area contributed by atoms with Gasteiger partial charge in [-0.3, -0.25) is 14.8 Å². The first-order valence-electron chi connectivity index (χ1n) is 10.2. The van der Waals surface area contributed by atoms with Gasteiger partial charge in [0, 0.05) is 12.4 Å². The number of ether oxygens (including phenoxy) is 1. The number of aromatic nitrogens is 4. The average Bonchev–Trinajstić information content (AvgIpc) is 3.29. The highest BCUT2D eigenvalue weighted by Gasteiger charge is 2.41. The maximum Gasteiger partial charge on any atom is 0.573 e. The molecule has 1 amide bonds. The highest BCUT2D eigenvalue weighted by molar-refractivity contribution is 5.96. The van der Waals surface area contributed by atoms with Crippen molar-refractivity contribution >= 4 is 5.91 Å². The molecule has 4 rings (SSSR count). The van der Waals surface area contributed by atoms with Crippen LogP contribution in [-0.2, 0) is 6.18 Å². The standard InChI is InChI=1S/C23H15F6N5O2/c24-22(25,26)20-16(13-32-34(20)14-7-9-15(10-8-14)36-23(27,28)29)21(35)33-19(17-5-1-3-11-30-17)18-6-2-4-12-31-18/h1-13,19H,(H,33,35). The van der Waals surface area contributed by atoms with Crippen molar-refractivity contribution in [2.45, 2.75) is 18.6 Å². The van der Waals surface area contributed by atoms with Crippen molar-refractivity contribution in [3.05, 3.63) is 102 Å². The summed E-state index contributed by atoms with van der Waals surface area (Å²) >= 11 is 0. The summed E-state index contributed by atoms with van der Waals surface area (Å²) in [5.41, 5.74) is -1.77. The van der Waals surface area contributed by atoms with E-state index in [0.717, 1.165) is 30.5 Å². The third kappa shape index (κ3) is 5.62. The minimum Gasteiger partial charge on any atom is -0.406 e. The molecule has 0 spiro atoms. The van der Waals surface area contributed by atoms with Gasteiger partial charge in [-0.1, -0.05) is 12.1 Å². The zero-order chi connectivity index (χ0) is 25.9. The molecule has 0 bridgehead atoms. The van der Waals surface area contributed by atoms with Crippen molar-refractivity contribution in [2.24, 2.45) is 0 Å². The predicted octanol–water partition coefficient (Wildman–Crippen LogP) is 5.10. The third-order valence-electron chi connectivity index (χ3n) is 4.84. The lowest BCUT2D eigenvalue weighted by Crippen LogP contribution is -2.32. The second-order valence-corrected chi connectivity index (χ2v) is 7.27. The van der Waals surface area contributed by atoms with Crippen LogP contribution in [0.3, 0.4) is 0 Å². The number of halogens is 6. The van der Waals surface area contributed by atoms with Crippen molar-refractivity contribution in [3.63, 3.8) is 0 Å². The molecule has 4 aromatic rings. The Balaban J connectivity index is 1.69. The van der Waals surface area contributed by atoms with Crippen molar-refractivity contribution in [1.29, 1.82) is 0 Å². The lowest BCUT2D eigenvalue weighted by molar-refractivity contribution is -0.274. The number of alkyl halides is 6. The van der Waals surface area contributed by atoms with Crippen LogP contribution in [0, 0.1) is 0 Å². The molecular formula is C23H15F6N5O2. The van der Waals surface area contributed by atoms with E-state index in [1.165, 1.54) is 12.4 Å². The summed E-state index contributed by atoms with van der Waals surface area (Å²) in [6, 6.07) is 12.3. The van der Waals surface area contributed by atoms with E-state index in [1.807, 2.05) is 0 Å². The zero-order valence-corrected chi connectivity index (χ0v) is 18.0. The monoisotopic (exact) mass is 507 g/mol. The normalized spacial score (nSPS) is 12.0. The molecule has 0 saturated carbocycles. The molecule has 13 heteroatoms. The number of carbonyl (C=O) groups excluding carboxylic acids is 1. The summed E-state index contributed by atoms with van der Waals surface area (Å²) in [6.07, 6.45) is -6.35. The fraction of sp³-hybridized carbons (Fsp3) is 0.130. The largest absolute Gasteiger partial charge is 0.573 e. The molecule has 7 nitrogen and oxygen atoms in total. The Bertz CT molecular complexity index is 1280. The number of nitrogens with zero attached hydrogens (tertiary/aromatic N) is 4. The molecular weight excluding hydrogens is 492 g/mol. The highest BCUT2D eigenvalue weighted by atomic mass is 19.4. The van der Waals surface area contributed by atoms with Crippen LogP contribution in [0.25, 0.3) is 5.69 Å². The second kappa shape index (κ2) is 9.68. The maximum absolute atomic E-state index is 14.0. The van der Waals surface area contributed by atoms with E-state index in [-0.39, 0.29) is 5.69 Å². The first-order valence-corrected chi connectivity index (χ1v) is 10.2. The maximum atomic E-state index is 14.0. The molecule has 0 aliphatic rings. The van der Waals surface area contributed by atoms with E-state index in [4.69, 9.17) is 0 Å². The number of rotatable bonds is 6. The molecule has 3 heterocycles. The summed E-state index contributed by atoms with van der Waals surface area (Å²) in [7, 11) is 0. The molecule has 3 aromatic heterocycles. The zero-order valence-electron chi connectivity index (χ0n) is 18.0. The molecule has 186 valence electrons. The molecule has 0 saturated heterocycles. The molecule has 0 aliphatic heterocycles. The molecule has 0 radical (unpaired) electrons. The van der Waals surface area contributed by atoms with Crippen LogP contribution >= 0.6 is 0 Å². The molecule has 0 aliphatic carbocycles. The average molecular weight is 507 g/mol. The Kier molecular flexibility index (Phi) is 6.64. The smallest absolute Gasteiger partial charge is 0.406 e. The summed E-state index contributed by atoms with van der Waals surface area (Å²) in [5, 5.41) is 6.19. The van der Waals surface area contributed by atoms with Gasteiger partial charge in [0.25, 0.3) is 5.91 Å². The predicted molar refractivity (Wildman–Crippen MR) is 113 cm³/mol. The van der Waals surface area contributed by atoms with Crippen LogP contribution in [-0.4, -0.2) is 32.0 Å².